The molecule has 0 aliphatic rings. The average molecular weight is 240 g/mol. The minimum absolute atomic E-state index is 0.126. The average Bonchev–Trinajstić information content (AvgIpc) is 2.27. The number of rotatable bonds is 2. The lowest BCUT2D eigenvalue weighted by atomic mass is 10.3. The minimum Gasteiger partial charge on any atom is -0.380 e. The highest BCUT2D eigenvalue weighted by Crippen LogP contribution is 2.16. The predicted octanol–water partition coefficient (Wildman–Crippen LogP) is 1.99. The number of hydrogen-bond donors (Lipinski definition) is 2. The van der Waals surface area contributed by atoms with Crippen LogP contribution in [0.25, 0.3) is 0 Å². The number of hydrogen-bond acceptors (Lipinski definition) is 5. The first-order chi connectivity index (χ1) is 7.65. The zero-order chi connectivity index (χ0) is 11.5. The Balaban J connectivity index is 2.20. The largest absolute Gasteiger partial charge is 0.380 e. The first kappa shape index (κ1) is 10.6. The molecule has 1 aromatic carbocycles. The van der Waals surface area contributed by atoms with E-state index in [1.807, 2.05) is 0 Å². The summed E-state index contributed by atoms with van der Waals surface area (Å²) in [5.41, 5.74) is 5.95. The Labute approximate surface area is 95.5 Å². The molecule has 0 atom stereocenters. The molecule has 0 amide bonds. The van der Waals surface area contributed by atoms with Crippen LogP contribution < -0.4 is 11.1 Å². The van der Waals surface area contributed by atoms with E-state index in [0.29, 0.717) is 10.7 Å². The molecule has 5 nitrogen and oxygen atoms in total. The molecule has 2 rings (SSSR count). The van der Waals surface area contributed by atoms with Crippen molar-refractivity contribution >= 4 is 29.1 Å². The summed E-state index contributed by atoms with van der Waals surface area (Å²) in [5, 5.41) is 10.1. The summed E-state index contributed by atoms with van der Waals surface area (Å²) in [4.78, 5) is 3.68. The standard InChI is InChI=1S/C9H7ClFN5/c10-5-1-3-6(4-2-5)13-9-14-8(12)7(11)15-16-9/h1-4H,(H3,12,13,14,16). The van der Waals surface area contributed by atoms with Gasteiger partial charge in [0.25, 0.3) is 5.95 Å². The number of anilines is 3. The molecule has 0 aliphatic carbocycles. The molecule has 0 fully saturated rings. The van der Waals surface area contributed by atoms with E-state index in [4.69, 9.17) is 17.3 Å². The molecular formula is C9H7ClFN5. The van der Waals surface area contributed by atoms with Gasteiger partial charge in [-0.3, -0.25) is 0 Å². The molecule has 2 aromatic rings. The molecule has 1 heterocycles. The van der Waals surface area contributed by atoms with Crippen molar-refractivity contribution in [3.8, 4) is 0 Å². The van der Waals surface area contributed by atoms with Crippen molar-refractivity contribution in [3.05, 3.63) is 35.2 Å². The fraction of sp³-hybridized carbons (Fsp3) is 0. The van der Waals surface area contributed by atoms with Crippen LogP contribution in [0.5, 0.6) is 0 Å². The van der Waals surface area contributed by atoms with Gasteiger partial charge in [0.1, 0.15) is 0 Å². The Bertz CT molecular complexity index is 502. The zero-order valence-corrected chi connectivity index (χ0v) is 8.74. The van der Waals surface area contributed by atoms with Crippen molar-refractivity contribution in [2.45, 2.75) is 0 Å². The number of nitrogen functional groups attached to an aromatic ring is 1. The molecule has 82 valence electrons. The van der Waals surface area contributed by atoms with E-state index in [1.165, 1.54) is 0 Å². The van der Waals surface area contributed by atoms with Gasteiger partial charge in [0.05, 0.1) is 0 Å². The van der Waals surface area contributed by atoms with E-state index in [2.05, 4.69) is 20.5 Å². The topological polar surface area (TPSA) is 76.7 Å². The number of nitrogens with one attached hydrogen (secondary N) is 1. The van der Waals surface area contributed by atoms with E-state index >= 15 is 0 Å². The van der Waals surface area contributed by atoms with Crippen LogP contribution in [-0.2, 0) is 0 Å². The first-order valence-electron chi connectivity index (χ1n) is 4.33. The Hall–Kier alpha value is -1.95. The smallest absolute Gasteiger partial charge is 0.275 e. The summed E-state index contributed by atoms with van der Waals surface area (Å²) >= 11 is 5.72. The second-order valence-electron chi connectivity index (χ2n) is 2.94. The second kappa shape index (κ2) is 4.28. The van der Waals surface area contributed by atoms with Gasteiger partial charge in [0, 0.05) is 10.7 Å². The van der Waals surface area contributed by atoms with Crippen LogP contribution in [0.2, 0.25) is 5.02 Å². The SMILES string of the molecule is Nc1nc(Nc2ccc(Cl)cc2)nnc1F. The zero-order valence-electron chi connectivity index (χ0n) is 7.98. The molecule has 16 heavy (non-hydrogen) atoms. The van der Waals surface area contributed by atoms with Gasteiger partial charge in [-0.05, 0) is 24.3 Å². The fourth-order valence-electron chi connectivity index (χ4n) is 1.04. The number of nitrogens with zero attached hydrogens (tertiary/aromatic N) is 3. The highest BCUT2D eigenvalue weighted by Gasteiger charge is 2.04. The van der Waals surface area contributed by atoms with E-state index in [9.17, 15) is 4.39 Å². The summed E-state index contributed by atoms with van der Waals surface area (Å²) in [6.45, 7) is 0. The van der Waals surface area contributed by atoms with Crippen LogP contribution >= 0.6 is 11.6 Å². The van der Waals surface area contributed by atoms with Crippen LogP contribution in [0.15, 0.2) is 24.3 Å². The van der Waals surface area contributed by atoms with Crippen LogP contribution in [0.4, 0.5) is 21.8 Å². The molecule has 0 aliphatic heterocycles. The van der Waals surface area contributed by atoms with Gasteiger partial charge in [0.15, 0.2) is 5.82 Å². The van der Waals surface area contributed by atoms with Crippen molar-refractivity contribution in [1.82, 2.24) is 15.2 Å². The molecule has 7 heteroatoms. The van der Waals surface area contributed by atoms with Crippen molar-refractivity contribution in [2.75, 3.05) is 11.1 Å². The third-order valence-corrected chi connectivity index (χ3v) is 2.02. The Morgan fingerprint density at radius 3 is 2.50 bits per heavy atom. The summed E-state index contributed by atoms with van der Waals surface area (Å²) < 4.78 is 12.7. The summed E-state index contributed by atoms with van der Waals surface area (Å²) in [6, 6.07) is 6.85. The van der Waals surface area contributed by atoms with E-state index in [1.54, 1.807) is 24.3 Å². The Kier molecular flexibility index (Phi) is 2.82. The molecular weight excluding hydrogens is 233 g/mol. The van der Waals surface area contributed by atoms with Crippen molar-refractivity contribution in [1.29, 1.82) is 0 Å². The van der Waals surface area contributed by atoms with Crippen molar-refractivity contribution in [3.63, 3.8) is 0 Å². The Morgan fingerprint density at radius 1 is 1.19 bits per heavy atom. The van der Waals surface area contributed by atoms with Gasteiger partial charge >= 0.3 is 0 Å². The molecule has 0 radical (unpaired) electrons. The maximum atomic E-state index is 12.7. The lowest BCUT2D eigenvalue weighted by molar-refractivity contribution is 0.562. The van der Waals surface area contributed by atoms with Crippen LogP contribution in [-0.4, -0.2) is 15.2 Å². The highest BCUT2D eigenvalue weighted by atomic mass is 35.5. The summed E-state index contributed by atoms with van der Waals surface area (Å²) in [7, 11) is 0. The molecule has 0 unspecified atom stereocenters. The van der Waals surface area contributed by atoms with E-state index in [0.717, 1.165) is 0 Å². The molecule has 0 saturated carbocycles. The molecule has 0 bridgehead atoms. The normalized spacial score (nSPS) is 10.1. The quantitative estimate of drug-likeness (QED) is 0.838. The fourth-order valence-corrected chi connectivity index (χ4v) is 1.17. The van der Waals surface area contributed by atoms with Gasteiger partial charge < -0.3 is 11.1 Å². The number of halogens is 2. The lowest BCUT2D eigenvalue weighted by Crippen LogP contribution is -2.05. The third-order valence-electron chi connectivity index (χ3n) is 1.77. The molecule has 3 N–H and O–H groups in total. The van der Waals surface area contributed by atoms with Gasteiger partial charge in [-0.15, -0.1) is 10.2 Å². The minimum atomic E-state index is -0.887. The van der Waals surface area contributed by atoms with Gasteiger partial charge in [-0.1, -0.05) is 11.6 Å². The molecule has 1 aromatic heterocycles. The maximum absolute atomic E-state index is 12.7. The van der Waals surface area contributed by atoms with Crippen molar-refractivity contribution in [2.24, 2.45) is 0 Å². The number of aromatic nitrogens is 3. The molecule has 0 spiro atoms. The van der Waals surface area contributed by atoms with Gasteiger partial charge in [-0.25, -0.2) is 0 Å². The van der Waals surface area contributed by atoms with Gasteiger partial charge in [0.2, 0.25) is 5.95 Å². The predicted molar refractivity (Wildman–Crippen MR) is 58.9 cm³/mol. The van der Waals surface area contributed by atoms with Crippen molar-refractivity contribution < 1.29 is 4.39 Å². The second-order valence-corrected chi connectivity index (χ2v) is 3.38. The van der Waals surface area contributed by atoms with E-state index in [-0.39, 0.29) is 11.8 Å². The third kappa shape index (κ3) is 2.34. The first-order valence-corrected chi connectivity index (χ1v) is 4.71. The van der Waals surface area contributed by atoms with E-state index < -0.39 is 5.95 Å². The number of nitrogens with two attached hydrogens (primary N) is 1. The van der Waals surface area contributed by atoms with Gasteiger partial charge in [-0.2, -0.15) is 9.37 Å². The van der Waals surface area contributed by atoms with Crippen LogP contribution in [0, 0.1) is 5.95 Å². The lowest BCUT2D eigenvalue weighted by Gasteiger charge is -2.04. The van der Waals surface area contributed by atoms with Crippen LogP contribution in [0.1, 0.15) is 0 Å². The molecule has 0 saturated heterocycles. The summed E-state index contributed by atoms with van der Waals surface area (Å²) in [5.74, 6) is -1.06. The Morgan fingerprint density at radius 2 is 1.88 bits per heavy atom. The maximum Gasteiger partial charge on any atom is 0.275 e. The van der Waals surface area contributed by atoms with Crippen LogP contribution in [0.3, 0.4) is 0 Å². The monoisotopic (exact) mass is 239 g/mol. The number of benzene rings is 1. The summed E-state index contributed by atoms with van der Waals surface area (Å²) in [6.07, 6.45) is 0. The highest BCUT2D eigenvalue weighted by molar-refractivity contribution is 6.30.